The predicted molar refractivity (Wildman–Crippen MR) is 63.0 cm³/mol. The van der Waals surface area contributed by atoms with Gasteiger partial charge in [0.15, 0.2) is 0 Å². The van der Waals surface area contributed by atoms with Gasteiger partial charge in [0, 0.05) is 0 Å². The van der Waals surface area contributed by atoms with Crippen LogP contribution < -0.4 is 10.5 Å². The van der Waals surface area contributed by atoms with E-state index >= 15 is 0 Å². The Bertz CT molecular complexity index is 422. The zero-order valence-corrected chi connectivity index (χ0v) is 9.44. The van der Waals surface area contributed by atoms with Gasteiger partial charge in [-0.15, -0.1) is 0 Å². The summed E-state index contributed by atoms with van der Waals surface area (Å²) in [5.74, 6) is 1.35. The number of nitrogens with zero attached hydrogens (tertiary/aromatic N) is 1. The molecule has 0 bridgehead atoms. The number of benzene rings is 1. The smallest absolute Gasteiger partial charge is 0.139 e. The average Bonchev–Trinajstić information content (AvgIpc) is 2.64. The first kappa shape index (κ1) is 10.8. The molecule has 0 saturated heterocycles. The zero-order valence-electron chi connectivity index (χ0n) is 9.44. The molecule has 3 nitrogen and oxygen atoms in total. The van der Waals surface area contributed by atoms with Gasteiger partial charge in [-0.25, -0.2) is 0 Å². The number of hydrogen-bond acceptors (Lipinski definition) is 3. The maximum Gasteiger partial charge on any atom is 0.139 e. The first-order chi connectivity index (χ1) is 7.70. The fraction of sp³-hybridized carbons (Fsp3) is 0.462. The summed E-state index contributed by atoms with van der Waals surface area (Å²) in [5, 5.41) is 9.02. The van der Waals surface area contributed by atoms with Crippen molar-refractivity contribution in [1.82, 2.24) is 0 Å². The molecule has 0 heterocycles. The molecule has 2 N–H and O–H groups in total. The van der Waals surface area contributed by atoms with Crippen LogP contribution >= 0.6 is 0 Å². The van der Waals surface area contributed by atoms with Crippen LogP contribution in [0.5, 0.6) is 5.75 Å². The number of nitriles is 1. The van der Waals surface area contributed by atoms with E-state index in [1.165, 1.54) is 6.42 Å². The highest BCUT2D eigenvalue weighted by Crippen LogP contribution is 2.31. The molecular formula is C13H16N2O. The molecule has 0 radical (unpaired) electrons. The molecule has 1 aliphatic rings. The van der Waals surface area contributed by atoms with E-state index in [1.807, 2.05) is 12.1 Å². The maximum absolute atomic E-state index is 9.02. The molecule has 1 aliphatic carbocycles. The summed E-state index contributed by atoms with van der Waals surface area (Å²) < 4.78 is 5.85. The highest BCUT2D eigenvalue weighted by atomic mass is 16.5. The lowest BCUT2D eigenvalue weighted by atomic mass is 10.1. The normalized spacial score (nSPS) is 24.0. The number of hydrogen-bond donors (Lipinski definition) is 1. The van der Waals surface area contributed by atoms with Crippen molar-refractivity contribution in [3.63, 3.8) is 0 Å². The van der Waals surface area contributed by atoms with Crippen LogP contribution in [0.4, 0.5) is 5.69 Å². The Morgan fingerprint density at radius 3 is 2.88 bits per heavy atom. The fourth-order valence-electron chi connectivity index (χ4n) is 2.21. The van der Waals surface area contributed by atoms with Crippen molar-refractivity contribution in [3.05, 3.63) is 23.8 Å². The van der Waals surface area contributed by atoms with Gasteiger partial charge in [-0.3, -0.25) is 0 Å². The molecule has 1 aromatic carbocycles. The van der Waals surface area contributed by atoms with Crippen LogP contribution in [-0.2, 0) is 0 Å². The Balaban J connectivity index is 2.16. The second-order valence-electron chi connectivity index (χ2n) is 4.49. The summed E-state index contributed by atoms with van der Waals surface area (Å²) >= 11 is 0. The summed E-state index contributed by atoms with van der Waals surface area (Å²) in [6, 6.07) is 7.46. The molecule has 2 atom stereocenters. The second kappa shape index (κ2) is 4.44. The lowest BCUT2D eigenvalue weighted by Gasteiger charge is -2.15. The third kappa shape index (κ3) is 2.11. The van der Waals surface area contributed by atoms with Crippen molar-refractivity contribution in [1.29, 1.82) is 5.26 Å². The molecule has 1 saturated carbocycles. The molecule has 3 heteroatoms. The van der Waals surface area contributed by atoms with Gasteiger partial charge in [0.25, 0.3) is 0 Å². The number of rotatable bonds is 2. The van der Waals surface area contributed by atoms with Gasteiger partial charge in [0.2, 0.25) is 0 Å². The Kier molecular flexibility index (Phi) is 3.00. The Hall–Kier alpha value is -1.69. The molecule has 16 heavy (non-hydrogen) atoms. The Labute approximate surface area is 95.8 Å². The highest BCUT2D eigenvalue weighted by Gasteiger charge is 2.23. The van der Waals surface area contributed by atoms with E-state index in [9.17, 15) is 0 Å². The molecule has 0 aromatic heterocycles. The van der Waals surface area contributed by atoms with Crippen molar-refractivity contribution in [2.24, 2.45) is 5.92 Å². The van der Waals surface area contributed by atoms with Crippen LogP contribution in [0.2, 0.25) is 0 Å². The fourth-order valence-corrected chi connectivity index (χ4v) is 2.21. The minimum Gasteiger partial charge on any atom is -0.489 e. The highest BCUT2D eigenvalue weighted by molar-refractivity contribution is 5.60. The predicted octanol–water partition coefficient (Wildman–Crippen LogP) is 2.71. The summed E-state index contributed by atoms with van der Waals surface area (Å²) in [4.78, 5) is 0. The minimum absolute atomic E-state index is 0.240. The van der Waals surface area contributed by atoms with Gasteiger partial charge in [0.05, 0.1) is 11.8 Å². The van der Waals surface area contributed by atoms with Gasteiger partial charge >= 0.3 is 0 Å². The molecule has 0 spiro atoms. The first-order valence-corrected chi connectivity index (χ1v) is 5.66. The van der Waals surface area contributed by atoms with Gasteiger partial charge < -0.3 is 10.5 Å². The van der Waals surface area contributed by atoms with E-state index in [0.29, 0.717) is 17.0 Å². The van der Waals surface area contributed by atoms with Crippen molar-refractivity contribution in [3.8, 4) is 11.8 Å². The molecule has 2 rings (SSSR count). The largest absolute Gasteiger partial charge is 0.489 e. The zero-order chi connectivity index (χ0) is 11.5. The van der Waals surface area contributed by atoms with Crippen molar-refractivity contribution in [2.45, 2.75) is 32.3 Å². The van der Waals surface area contributed by atoms with Gasteiger partial charge in [0.1, 0.15) is 17.4 Å². The molecule has 1 aromatic rings. The van der Waals surface area contributed by atoms with E-state index in [0.717, 1.165) is 18.8 Å². The molecular weight excluding hydrogens is 200 g/mol. The average molecular weight is 216 g/mol. The second-order valence-corrected chi connectivity index (χ2v) is 4.49. The van der Waals surface area contributed by atoms with Gasteiger partial charge in [-0.1, -0.05) is 13.0 Å². The van der Waals surface area contributed by atoms with Crippen LogP contribution in [0.15, 0.2) is 18.2 Å². The Morgan fingerprint density at radius 1 is 1.44 bits per heavy atom. The summed E-state index contributed by atoms with van der Waals surface area (Å²) in [6.07, 6.45) is 3.58. The summed E-state index contributed by atoms with van der Waals surface area (Å²) in [6.45, 7) is 2.23. The standard InChI is InChI=1S/C13H16N2O/c1-9-5-6-10(7-9)16-13-4-2-3-12(15)11(13)8-14/h2-4,9-10H,5-7,15H2,1H3. The van der Waals surface area contributed by atoms with Crippen LogP contribution in [0, 0.1) is 17.2 Å². The lowest BCUT2D eigenvalue weighted by Crippen LogP contribution is -2.13. The minimum atomic E-state index is 0.240. The summed E-state index contributed by atoms with van der Waals surface area (Å²) in [7, 11) is 0. The van der Waals surface area contributed by atoms with Crippen LogP contribution in [-0.4, -0.2) is 6.10 Å². The molecule has 0 amide bonds. The van der Waals surface area contributed by atoms with E-state index in [1.54, 1.807) is 6.07 Å². The molecule has 1 fully saturated rings. The molecule has 84 valence electrons. The lowest BCUT2D eigenvalue weighted by molar-refractivity contribution is 0.205. The molecule has 0 aliphatic heterocycles. The van der Waals surface area contributed by atoms with Crippen LogP contribution in [0.3, 0.4) is 0 Å². The summed E-state index contributed by atoms with van der Waals surface area (Å²) in [5.41, 5.74) is 6.68. The number of nitrogens with two attached hydrogens (primary N) is 1. The van der Waals surface area contributed by atoms with E-state index < -0.39 is 0 Å². The van der Waals surface area contributed by atoms with E-state index in [2.05, 4.69) is 13.0 Å². The number of nitrogen functional groups attached to an aromatic ring is 1. The number of anilines is 1. The Morgan fingerprint density at radius 2 is 2.25 bits per heavy atom. The third-order valence-electron chi connectivity index (χ3n) is 3.11. The van der Waals surface area contributed by atoms with Crippen LogP contribution in [0.1, 0.15) is 31.7 Å². The van der Waals surface area contributed by atoms with E-state index in [-0.39, 0.29) is 6.10 Å². The van der Waals surface area contributed by atoms with Crippen molar-refractivity contribution < 1.29 is 4.74 Å². The van der Waals surface area contributed by atoms with Gasteiger partial charge in [-0.2, -0.15) is 5.26 Å². The van der Waals surface area contributed by atoms with Crippen molar-refractivity contribution in [2.75, 3.05) is 5.73 Å². The van der Waals surface area contributed by atoms with E-state index in [4.69, 9.17) is 15.7 Å². The van der Waals surface area contributed by atoms with Crippen LogP contribution in [0.25, 0.3) is 0 Å². The molecule has 2 unspecified atom stereocenters. The first-order valence-electron chi connectivity index (χ1n) is 5.66. The third-order valence-corrected chi connectivity index (χ3v) is 3.11. The number of ether oxygens (including phenoxy) is 1. The maximum atomic E-state index is 9.02. The monoisotopic (exact) mass is 216 g/mol. The topological polar surface area (TPSA) is 59.0 Å². The van der Waals surface area contributed by atoms with Crippen molar-refractivity contribution >= 4 is 5.69 Å². The van der Waals surface area contributed by atoms with Gasteiger partial charge in [-0.05, 0) is 37.3 Å². The quantitative estimate of drug-likeness (QED) is 0.773. The SMILES string of the molecule is CC1CCC(Oc2cccc(N)c2C#N)C1.